The maximum Gasteiger partial charge on any atom is 0.266 e. The van der Waals surface area contributed by atoms with Crippen LogP contribution in [0.3, 0.4) is 0 Å². The van der Waals surface area contributed by atoms with Crippen LogP contribution in [-0.4, -0.2) is 30.4 Å². The molecule has 1 saturated heterocycles. The third-order valence-electron chi connectivity index (χ3n) is 3.80. The number of rotatable bonds is 2. The molecule has 1 amide bonds. The molecule has 0 aliphatic carbocycles. The van der Waals surface area contributed by atoms with E-state index in [0.29, 0.717) is 23.0 Å². The summed E-state index contributed by atoms with van der Waals surface area (Å²) >= 11 is 4.96. The molecule has 4 N–H and O–H groups in total. The van der Waals surface area contributed by atoms with Gasteiger partial charge in [-0.2, -0.15) is 0 Å². The first-order valence-corrected chi connectivity index (χ1v) is 8.18. The van der Waals surface area contributed by atoms with Gasteiger partial charge in [0.15, 0.2) is 0 Å². The number of carbonyl (C=O) groups is 1. The van der Waals surface area contributed by atoms with Gasteiger partial charge in [0.2, 0.25) is 0 Å². The number of likely N-dealkylation sites (tertiary alicyclic amines) is 1. The predicted molar refractivity (Wildman–Crippen MR) is 87.0 cm³/mol. The number of anilines is 1. The quantitative estimate of drug-likeness (QED) is 0.871. The molecular formula is C14H16BrN3OS. The molecule has 0 saturated carbocycles. The van der Waals surface area contributed by atoms with Crippen LogP contribution in [0.5, 0.6) is 0 Å². The van der Waals surface area contributed by atoms with E-state index in [1.807, 2.05) is 23.1 Å². The second kappa shape index (κ2) is 5.35. The zero-order valence-corrected chi connectivity index (χ0v) is 13.3. The van der Waals surface area contributed by atoms with Crippen LogP contribution >= 0.6 is 27.3 Å². The Labute approximate surface area is 129 Å². The average Bonchev–Trinajstić information content (AvgIpc) is 3.04. The molecule has 0 bridgehead atoms. The first-order valence-electron chi connectivity index (χ1n) is 6.57. The molecule has 1 aromatic carbocycles. The third kappa shape index (κ3) is 2.21. The summed E-state index contributed by atoms with van der Waals surface area (Å²) in [4.78, 5) is 15.1. The zero-order valence-electron chi connectivity index (χ0n) is 10.9. The third-order valence-corrected chi connectivity index (χ3v) is 5.62. The SMILES string of the molecule is NCC1CCN(C(=O)c2sc3cccc(Br)c3c2N)C1. The van der Waals surface area contributed by atoms with E-state index in [1.54, 1.807) is 0 Å². The van der Waals surface area contributed by atoms with E-state index < -0.39 is 0 Å². The topological polar surface area (TPSA) is 72.3 Å². The van der Waals surface area contributed by atoms with Gasteiger partial charge in [-0.3, -0.25) is 4.79 Å². The van der Waals surface area contributed by atoms with Crippen molar-refractivity contribution in [1.82, 2.24) is 4.90 Å². The number of nitrogens with two attached hydrogens (primary N) is 2. The van der Waals surface area contributed by atoms with Gasteiger partial charge in [-0.1, -0.05) is 22.0 Å². The van der Waals surface area contributed by atoms with E-state index in [0.717, 1.165) is 34.1 Å². The maximum atomic E-state index is 12.6. The summed E-state index contributed by atoms with van der Waals surface area (Å²) in [7, 11) is 0. The summed E-state index contributed by atoms with van der Waals surface area (Å²) in [5, 5.41) is 0.940. The van der Waals surface area contributed by atoms with Gasteiger partial charge in [-0.15, -0.1) is 11.3 Å². The normalized spacial score (nSPS) is 18.9. The van der Waals surface area contributed by atoms with Crippen molar-refractivity contribution in [3.05, 3.63) is 27.5 Å². The molecule has 2 aromatic rings. The second-order valence-corrected chi connectivity index (χ2v) is 7.01. The Bertz CT molecular complexity index is 670. The Morgan fingerprint density at radius 1 is 1.50 bits per heavy atom. The van der Waals surface area contributed by atoms with Gasteiger partial charge in [0.25, 0.3) is 5.91 Å². The number of hydrogen-bond acceptors (Lipinski definition) is 4. The van der Waals surface area contributed by atoms with Crippen LogP contribution in [0.25, 0.3) is 10.1 Å². The van der Waals surface area contributed by atoms with Gasteiger partial charge in [0.1, 0.15) is 4.88 Å². The molecule has 1 aliphatic heterocycles. The first kappa shape index (κ1) is 13.9. The monoisotopic (exact) mass is 353 g/mol. The van der Waals surface area contributed by atoms with Crippen molar-refractivity contribution in [3.63, 3.8) is 0 Å². The van der Waals surface area contributed by atoms with E-state index in [4.69, 9.17) is 11.5 Å². The summed E-state index contributed by atoms with van der Waals surface area (Å²) in [6.45, 7) is 2.15. The van der Waals surface area contributed by atoms with Crippen LogP contribution in [0.2, 0.25) is 0 Å². The minimum atomic E-state index is 0.0338. The first-order chi connectivity index (χ1) is 9.61. The smallest absolute Gasteiger partial charge is 0.266 e. The summed E-state index contributed by atoms with van der Waals surface area (Å²) in [6, 6.07) is 5.89. The van der Waals surface area contributed by atoms with Crippen molar-refractivity contribution < 1.29 is 4.79 Å². The van der Waals surface area contributed by atoms with E-state index in [-0.39, 0.29) is 5.91 Å². The maximum absolute atomic E-state index is 12.6. The number of nitrogen functional groups attached to an aromatic ring is 1. The van der Waals surface area contributed by atoms with Gasteiger partial charge in [0, 0.05) is 27.6 Å². The minimum Gasteiger partial charge on any atom is -0.397 e. The number of benzene rings is 1. The van der Waals surface area contributed by atoms with Crippen molar-refractivity contribution in [1.29, 1.82) is 0 Å². The molecule has 106 valence electrons. The van der Waals surface area contributed by atoms with Crippen LogP contribution in [-0.2, 0) is 0 Å². The Hall–Kier alpha value is -1.11. The number of thiophene rings is 1. The van der Waals surface area contributed by atoms with Gasteiger partial charge in [0.05, 0.1) is 5.69 Å². The molecule has 0 radical (unpaired) electrons. The predicted octanol–water partition coefficient (Wildman–Crippen LogP) is 2.67. The highest BCUT2D eigenvalue weighted by Crippen LogP contribution is 2.39. The summed E-state index contributed by atoms with van der Waals surface area (Å²) in [5.41, 5.74) is 12.4. The lowest BCUT2D eigenvalue weighted by atomic mass is 10.1. The molecular weight excluding hydrogens is 338 g/mol. The Kier molecular flexibility index (Phi) is 3.70. The zero-order chi connectivity index (χ0) is 14.3. The molecule has 20 heavy (non-hydrogen) atoms. The summed E-state index contributed by atoms with van der Waals surface area (Å²) < 4.78 is 1.97. The average molecular weight is 354 g/mol. The molecule has 1 unspecified atom stereocenters. The van der Waals surface area contributed by atoms with Crippen LogP contribution in [0.1, 0.15) is 16.1 Å². The standard InChI is InChI=1S/C14H16BrN3OS/c15-9-2-1-3-10-11(9)12(17)13(20-10)14(19)18-5-4-8(6-16)7-18/h1-3,8H,4-7,16-17H2. The molecule has 0 spiro atoms. The van der Waals surface area contributed by atoms with Crippen LogP contribution < -0.4 is 11.5 Å². The van der Waals surface area contributed by atoms with Crippen LogP contribution in [0.4, 0.5) is 5.69 Å². The second-order valence-electron chi connectivity index (χ2n) is 5.10. The molecule has 6 heteroatoms. The number of fused-ring (bicyclic) bond motifs is 1. The summed E-state index contributed by atoms with van der Waals surface area (Å²) in [6.07, 6.45) is 0.983. The van der Waals surface area contributed by atoms with Crippen molar-refractivity contribution in [2.75, 3.05) is 25.4 Å². The van der Waals surface area contributed by atoms with E-state index >= 15 is 0 Å². The molecule has 1 atom stereocenters. The fraction of sp³-hybridized carbons (Fsp3) is 0.357. The van der Waals surface area contributed by atoms with Crippen molar-refractivity contribution >= 4 is 48.9 Å². The highest BCUT2D eigenvalue weighted by molar-refractivity contribution is 9.10. The fourth-order valence-electron chi connectivity index (χ4n) is 2.64. The van der Waals surface area contributed by atoms with Gasteiger partial charge < -0.3 is 16.4 Å². The van der Waals surface area contributed by atoms with Crippen LogP contribution in [0.15, 0.2) is 22.7 Å². The number of hydrogen-bond donors (Lipinski definition) is 2. The van der Waals surface area contributed by atoms with Crippen molar-refractivity contribution in [2.24, 2.45) is 11.7 Å². The number of halogens is 1. The number of carbonyl (C=O) groups excluding carboxylic acids is 1. The fourth-order valence-corrected chi connectivity index (χ4v) is 4.47. The van der Waals surface area contributed by atoms with Gasteiger partial charge in [-0.25, -0.2) is 0 Å². The van der Waals surface area contributed by atoms with Crippen molar-refractivity contribution in [2.45, 2.75) is 6.42 Å². The lowest BCUT2D eigenvalue weighted by Crippen LogP contribution is -2.29. The minimum absolute atomic E-state index is 0.0338. The summed E-state index contributed by atoms with van der Waals surface area (Å²) in [5.74, 6) is 0.452. The highest BCUT2D eigenvalue weighted by Gasteiger charge is 2.29. The van der Waals surface area contributed by atoms with E-state index in [9.17, 15) is 4.79 Å². The lowest BCUT2D eigenvalue weighted by Gasteiger charge is -2.15. The molecule has 3 rings (SSSR count). The van der Waals surface area contributed by atoms with Gasteiger partial charge >= 0.3 is 0 Å². The molecule has 1 aromatic heterocycles. The van der Waals surface area contributed by atoms with Crippen molar-refractivity contribution in [3.8, 4) is 0 Å². The Morgan fingerprint density at radius 2 is 2.30 bits per heavy atom. The molecule has 1 fully saturated rings. The Morgan fingerprint density at radius 3 is 2.95 bits per heavy atom. The number of amides is 1. The number of nitrogens with zero attached hydrogens (tertiary/aromatic N) is 1. The molecule has 1 aliphatic rings. The lowest BCUT2D eigenvalue weighted by molar-refractivity contribution is 0.0793. The van der Waals surface area contributed by atoms with E-state index in [2.05, 4.69) is 15.9 Å². The highest BCUT2D eigenvalue weighted by atomic mass is 79.9. The van der Waals surface area contributed by atoms with Crippen LogP contribution in [0, 0.1) is 5.92 Å². The van der Waals surface area contributed by atoms with Gasteiger partial charge in [-0.05, 0) is 31.0 Å². The largest absolute Gasteiger partial charge is 0.397 e. The molecule has 4 nitrogen and oxygen atoms in total. The molecule has 2 heterocycles. The van der Waals surface area contributed by atoms with E-state index in [1.165, 1.54) is 11.3 Å². The Balaban J connectivity index is 1.96.